The third-order valence-corrected chi connectivity index (χ3v) is 2.22. The Kier molecular flexibility index (Phi) is 5.22. The predicted molar refractivity (Wildman–Crippen MR) is 40.6 cm³/mol. The molecule has 0 aromatic rings. The highest BCUT2D eigenvalue weighted by atomic mass is 32.2. The molecule has 0 saturated heterocycles. The van der Waals surface area contributed by atoms with Crippen molar-refractivity contribution in [3.63, 3.8) is 0 Å². The molecular weight excluding hydrogens is 138 g/mol. The molecule has 58 valence electrons. The zero-order chi connectivity index (χ0) is 6.78. The minimum atomic E-state index is -0.894. The summed E-state index contributed by atoms with van der Waals surface area (Å²) in [5.74, 6) is 0. The molecule has 0 aliphatic rings. The summed E-state index contributed by atoms with van der Waals surface area (Å²) in [7, 11) is 0.802. The first-order valence-corrected chi connectivity index (χ1v) is 3.72. The normalized spacial score (nSPS) is 14.2. The summed E-state index contributed by atoms with van der Waals surface area (Å²) in [6.07, 6.45) is 0. The summed E-state index contributed by atoms with van der Waals surface area (Å²) in [4.78, 5) is 0. The van der Waals surface area contributed by atoms with Crippen molar-refractivity contribution in [2.45, 2.75) is 25.5 Å². The Morgan fingerprint density at radius 3 is 1.67 bits per heavy atom. The lowest BCUT2D eigenvalue weighted by Crippen LogP contribution is -2.30. The Bertz CT molecular complexity index is 97.6. The van der Waals surface area contributed by atoms with Crippen LogP contribution in [0.1, 0.15) is 20.8 Å². The summed E-state index contributed by atoms with van der Waals surface area (Å²) in [6.45, 7) is 5.79. The molecule has 0 saturated carbocycles. The first-order chi connectivity index (χ1) is 3.48. The van der Waals surface area contributed by atoms with Crippen molar-refractivity contribution in [1.29, 1.82) is 0 Å². The SMILES string of the molecule is CNS(=O)C(C)(C)C.O. The van der Waals surface area contributed by atoms with Crippen LogP contribution in [0.25, 0.3) is 0 Å². The van der Waals surface area contributed by atoms with E-state index < -0.39 is 11.0 Å². The summed E-state index contributed by atoms with van der Waals surface area (Å²) in [5.41, 5.74) is 0. The van der Waals surface area contributed by atoms with E-state index in [1.807, 2.05) is 20.8 Å². The molecule has 4 heteroatoms. The van der Waals surface area contributed by atoms with E-state index >= 15 is 0 Å². The molecule has 0 spiro atoms. The average Bonchev–Trinajstić information content (AvgIpc) is 1.62. The van der Waals surface area contributed by atoms with Crippen LogP contribution >= 0.6 is 0 Å². The molecule has 3 nitrogen and oxygen atoms in total. The van der Waals surface area contributed by atoms with Gasteiger partial charge in [0.2, 0.25) is 0 Å². The molecule has 0 fully saturated rings. The Labute approximate surface area is 58.7 Å². The van der Waals surface area contributed by atoms with Gasteiger partial charge in [0.25, 0.3) is 0 Å². The van der Waals surface area contributed by atoms with Gasteiger partial charge in [0.05, 0.1) is 15.7 Å². The molecule has 0 radical (unpaired) electrons. The lowest BCUT2D eigenvalue weighted by Gasteiger charge is -2.15. The molecule has 1 unspecified atom stereocenters. The largest absolute Gasteiger partial charge is 0.412 e. The molecule has 0 aromatic heterocycles. The second-order valence-corrected chi connectivity index (χ2v) is 4.76. The topological polar surface area (TPSA) is 60.6 Å². The second-order valence-electron chi connectivity index (χ2n) is 2.59. The van der Waals surface area contributed by atoms with Gasteiger partial charge in [0, 0.05) is 0 Å². The second kappa shape index (κ2) is 3.98. The number of hydrogen-bond acceptors (Lipinski definition) is 1. The fourth-order valence-corrected chi connectivity index (χ4v) is 0.919. The van der Waals surface area contributed by atoms with Crippen LogP contribution in [0.3, 0.4) is 0 Å². The summed E-state index contributed by atoms with van der Waals surface area (Å²) < 4.78 is 13.4. The van der Waals surface area contributed by atoms with E-state index in [0.717, 1.165) is 0 Å². The molecule has 0 aromatic carbocycles. The maximum atomic E-state index is 10.8. The molecule has 0 aliphatic heterocycles. The average molecular weight is 153 g/mol. The van der Waals surface area contributed by atoms with Crippen molar-refractivity contribution < 1.29 is 9.69 Å². The summed E-state index contributed by atoms with van der Waals surface area (Å²) in [6, 6.07) is 0. The standard InChI is InChI=1S/C5H13NOS.H2O/c1-5(2,3)8(7)6-4;/h6H,1-4H3;1H2. The first kappa shape index (κ1) is 11.8. The van der Waals surface area contributed by atoms with Crippen molar-refractivity contribution in [2.24, 2.45) is 0 Å². The highest BCUT2D eigenvalue weighted by Crippen LogP contribution is 2.06. The van der Waals surface area contributed by atoms with E-state index in [0.29, 0.717) is 0 Å². The van der Waals surface area contributed by atoms with Crippen LogP contribution in [0.2, 0.25) is 0 Å². The highest BCUT2D eigenvalue weighted by Gasteiger charge is 2.16. The van der Waals surface area contributed by atoms with Gasteiger partial charge in [0.1, 0.15) is 0 Å². The van der Waals surface area contributed by atoms with E-state index in [-0.39, 0.29) is 10.2 Å². The van der Waals surface area contributed by atoms with Crippen LogP contribution in [0.15, 0.2) is 0 Å². The monoisotopic (exact) mass is 153 g/mol. The molecule has 9 heavy (non-hydrogen) atoms. The Morgan fingerprint density at radius 2 is 1.67 bits per heavy atom. The third kappa shape index (κ3) is 4.57. The smallest absolute Gasteiger partial charge is 0.0967 e. The maximum Gasteiger partial charge on any atom is 0.0967 e. The van der Waals surface area contributed by atoms with Crippen molar-refractivity contribution in [3.8, 4) is 0 Å². The lowest BCUT2D eigenvalue weighted by atomic mass is 10.3. The van der Waals surface area contributed by atoms with Gasteiger partial charge in [-0.25, -0.2) is 8.93 Å². The van der Waals surface area contributed by atoms with Gasteiger partial charge in [-0.05, 0) is 27.8 Å². The summed E-state index contributed by atoms with van der Waals surface area (Å²) >= 11 is 0. The van der Waals surface area contributed by atoms with Crippen LogP contribution in [0.5, 0.6) is 0 Å². The third-order valence-electron chi connectivity index (χ3n) is 0.742. The quantitative estimate of drug-likeness (QED) is 0.559. The van der Waals surface area contributed by atoms with Crippen molar-refractivity contribution >= 4 is 11.0 Å². The van der Waals surface area contributed by atoms with Gasteiger partial charge in [-0.1, -0.05) is 0 Å². The van der Waals surface area contributed by atoms with Crippen molar-refractivity contribution in [2.75, 3.05) is 7.05 Å². The van der Waals surface area contributed by atoms with E-state index in [1.165, 1.54) is 0 Å². The fourth-order valence-electron chi connectivity index (χ4n) is 0.306. The van der Waals surface area contributed by atoms with Crippen LogP contribution in [-0.2, 0) is 11.0 Å². The predicted octanol–water partition coefficient (Wildman–Crippen LogP) is -0.157. The van der Waals surface area contributed by atoms with Gasteiger partial charge >= 0.3 is 0 Å². The molecule has 0 heterocycles. The Hall–Kier alpha value is 0.0700. The van der Waals surface area contributed by atoms with Crippen LogP contribution in [0.4, 0.5) is 0 Å². The van der Waals surface area contributed by atoms with Crippen LogP contribution < -0.4 is 4.72 Å². The first-order valence-electron chi connectivity index (χ1n) is 2.57. The van der Waals surface area contributed by atoms with E-state index in [2.05, 4.69) is 4.72 Å². The van der Waals surface area contributed by atoms with Crippen molar-refractivity contribution in [3.05, 3.63) is 0 Å². The van der Waals surface area contributed by atoms with Gasteiger partial charge in [-0.2, -0.15) is 0 Å². The van der Waals surface area contributed by atoms with Gasteiger partial charge in [-0.15, -0.1) is 0 Å². The number of rotatable bonds is 1. The minimum absolute atomic E-state index is 0. The molecule has 3 N–H and O–H groups in total. The van der Waals surface area contributed by atoms with E-state index in [4.69, 9.17) is 0 Å². The van der Waals surface area contributed by atoms with E-state index in [9.17, 15) is 4.21 Å². The molecule has 1 atom stereocenters. The summed E-state index contributed by atoms with van der Waals surface area (Å²) in [5, 5.41) is 0. The Balaban J connectivity index is 0. The van der Waals surface area contributed by atoms with E-state index in [1.54, 1.807) is 7.05 Å². The van der Waals surface area contributed by atoms with Crippen LogP contribution in [-0.4, -0.2) is 21.5 Å². The van der Waals surface area contributed by atoms with Crippen LogP contribution in [0, 0.1) is 0 Å². The molecular formula is C5H15NO2S. The van der Waals surface area contributed by atoms with Gasteiger partial charge in [0.15, 0.2) is 0 Å². The maximum absolute atomic E-state index is 10.8. The molecule has 0 bridgehead atoms. The minimum Gasteiger partial charge on any atom is -0.412 e. The molecule has 0 rings (SSSR count). The zero-order valence-electron chi connectivity index (χ0n) is 6.32. The molecule has 0 aliphatic carbocycles. The zero-order valence-corrected chi connectivity index (χ0v) is 7.13. The number of nitrogens with one attached hydrogen (secondary N) is 1. The molecule has 0 amide bonds. The van der Waals surface area contributed by atoms with Gasteiger partial charge < -0.3 is 5.48 Å². The lowest BCUT2D eigenvalue weighted by molar-refractivity contribution is 0.642. The fraction of sp³-hybridized carbons (Fsp3) is 1.00. The Morgan fingerprint density at radius 1 is 1.33 bits per heavy atom. The number of hydrogen-bond donors (Lipinski definition) is 1. The van der Waals surface area contributed by atoms with Gasteiger partial charge in [-0.3, -0.25) is 0 Å². The van der Waals surface area contributed by atoms with Crippen molar-refractivity contribution in [1.82, 2.24) is 4.72 Å². The highest BCUT2D eigenvalue weighted by molar-refractivity contribution is 7.84.